The predicted molar refractivity (Wildman–Crippen MR) is 103 cm³/mol. The molecule has 3 aromatic rings. The first-order chi connectivity index (χ1) is 13.1. The number of rotatable bonds is 6. The molecule has 0 heterocycles. The number of methoxy groups -OCH3 is 1. The number of carboxylic acids is 1. The molecule has 0 aromatic heterocycles. The van der Waals surface area contributed by atoms with Crippen molar-refractivity contribution in [2.24, 2.45) is 0 Å². The summed E-state index contributed by atoms with van der Waals surface area (Å²) in [5, 5.41) is 11.4. The number of ether oxygens (including phenoxy) is 2. The third kappa shape index (κ3) is 4.33. The molecule has 136 valence electrons. The summed E-state index contributed by atoms with van der Waals surface area (Å²) in [5.74, 6) is -0.878. The summed E-state index contributed by atoms with van der Waals surface area (Å²) in [7, 11) is 1.31. The number of hydrogen-bond acceptors (Lipinski definition) is 4. The summed E-state index contributed by atoms with van der Waals surface area (Å²) in [6.07, 6.45) is 1.52. The fraction of sp³-hybridized carbons (Fsp3) is 0.0909. The smallest absolute Gasteiger partial charge is 0.337 e. The molecule has 5 heteroatoms. The molecule has 0 unspecified atom stereocenters. The van der Waals surface area contributed by atoms with Crippen LogP contribution in [0.5, 0.6) is 5.75 Å². The van der Waals surface area contributed by atoms with Gasteiger partial charge in [-0.15, -0.1) is 0 Å². The minimum Gasteiger partial charge on any atom is -0.488 e. The molecule has 0 aliphatic carbocycles. The highest BCUT2D eigenvalue weighted by Crippen LogP contribution is 2.25. The zero-order chi connectivity index (χ0) is 19.2. The van der Waals surface area contributed by atoms with E-state index in [1.165, 1.54) is 13.2 Å². The van der Waals surface area contributed by atoms with Crippen molar-refractivity contribution >= 4 is 28.8 Å². The summed E-state index contributed by atoms with van der Waals surface area (Å²) in [5.41, 5.74) is 1.16. The molecule has 0 radical (unpaired) electrons. The van der Waals surface area contributed by atoms with Gasteiger partial charge in [-0.05, 0) is 35.2 Å². The van der Waals surface area contributed by atoms with Crippen LogP contribution in [-0.2, 0) is 9.53 Å². The fourth-order valence-corrected chi connectivity index (χ4v) is 2.68. The largest absolute Gasteiger partial charge is 0.488 e. The van der Waals surface area contributed by atoms with Crippen LogP contribution in [-0.4, -0.2) is 30.8 Å². The van der Waals surface area contributed by atoms with Gasteiger partial charge in [0.1, 0.15) is 12.4 Å². The van der Waals surface area contributed by atoms with Gasteiger partial charge < -0.3 is 14.6 Å². The number of aliphatic carboxylic acids is 1. The standard InChI is InChI=1S/C22H18O5/c1-26-22(25)17-11-9-15(10-12-17)13-18(21(23)24)14-27-20-8-4-6-16-5-2-3-7-19(16)20/h2-13H,14H2,1H3,(H,23,24). The highest BCUT2D eigenvalue weighted by molar-refractivity contribution is 5.93. The van der Waals surface area contributed by atoms with Gasteiger partial charge in [0.05, 0.1) is 18.2 Å². The highest BCUT2D eigenvalue weighted by Gasteiger charge is 2.11. The minimum absolute atomic E-state index is 0.0813. The number of carboxylic acid groups (broad SMARTS) is 1. The van der Waals surface area contributed by atoms with Crippen LogP contribution >= 0.6 is 0 Å². The Balaban J connectivity index is 1.80. The summed E-state index contributed by atoms with van der Waals surface area (Å²) in [6.45, 7) is -0.0813. The van der Waals surface area contributed by atoms with E-state index in [-0.39, 0.29) is 12.2 Å². The molecule has 5 nitrogen and oxygen atoms in total. The van der Waals surface area contributed by atoms with E-state index in [2.05, 4.69) is 4.74 Å². The molecule has 0 saturated carbocycles. The van der Waals surface area contributed by atoms with Gasteiger partial charge in [-0.1, -0.05) is 48.5 Å². The summed E-state index contributed by atoms with van der Waals surface area (Å²) in [4.78, 5) is 23.1. The van der Waals surface area contributed by atoms with Crippen LogP contribution in [0.15, 0.2) is 72.3 Å². The van der Waals surface area contributed by atoms with Crippen molar-refractivity contribution in [1.29, 1.82) is 0 Å². The molecule has 0 aliphatic heterocycles. The Kier molecular flexibility index (Phi) is 5.52. The van der Waals surface area contributed by atoms with Gasteiger partial charge in [-0.3, -0.25) is 0 Å². The second-order valence-corrected chi connectivity index (χ2v) is 5.85. The van der Waals surface area contributed by atoms with E-state index in [4.69, 9.17) is 4.74 Å². The van der Waals surface area contributed by atoms with Gasteiger partial charge >= 0.3 is 11.9 Å². The number of carbonyl (C=O) groups is 2. The van der Waals surface area contributed by atoms with E-state index in [1.807, 2.05) is 42.5 Å². The molecule has 0 bridgehead atoms. The molecule has 3 aromatic carbocycles. The average molecular weight is 362 g/mol. The lowest BCUT2D eigenvalue weighted by molar-refractivity contribution is -0.132. The molecule has 0 fully saturated rings. The van der Waals surface area contributed by atoms with Gasteiger partial charge in [0.2, 0.25) is 0 Å². The van der Waals surface area contributed by atoms with Crippen molar-refractivity contribution < 1.29 is 24.2 Å². The van der Waals surface area contributed by atoms with Gasteiger partial charge in [0.25, 0.3) is 0 Å². The maximum atomic E-state index is 11.6. The monoisotopic (exact) mass is 362 g/mol. The molecule has 1 N–H and O–H groups in total. The third-order valence-corrected chi connectivity index (χ3v) is 4.08. The Bertz CT molecular complexity index is 997. The Hall–Kier alpha value is -3.60. The van der Waals surface area contributed by atoms with Gasteiger partial charge in [-0.25, -0.2) is 9.59 Å². The first kappa shape index (κ1) is 18.2. The van der Waals surface area contributed by atoms with Crippen LogP contribution in [0.4, 0.5) is 0 Å². The Labute approximate surface area is 156 Å². The molecule has 27 heavy (non-hydrogen) atoms. The SMILES string of the molecule is COC(=O)c1ccc(C=C(COc2cccc3ccccc23)C(=O)O)cc1. The van der Waals surface area contributed by atoms with Crippen LogP contribution in [0.1, 0.15) is 15.9 Å². The maximum absolute atomic E-state index is 11.6. The summed E-state index contributed by atoms with van der Waals surface area (Å²) in [6, 6.07) is 19.9. The molecule has 0 atom stereocenters. The van der Waals surface area contributed by atoms with Crippen molar-refractivity contribution in [3.05, 3.63) is 83.4 Å². The lowest BCUT2D eigenvalue weighted by Gasteiger charge is -2.10. The molecular formula is C22H18O5. The van der Waals surface area contributed by atoms with Gasteiger partial charge in [0, 0.05) is 5.39 Å². The van der Waals surface area contributed by atoms with E-state index in [0.717, 1.165) is 10.8 Å². The van der Waals surface area contributed by atoms with Gasteiger partial charge in [0.15, 0.2) is 0 Å². The number of fused-ring (bicyclic) bond motifs is 1. The summed E-state index contributed by atoms with van der Waals surface area (Å²) >= 11 is 0. The van der Waals surface area contributed by atoms with Crippen molar-refractivity contribution in [3.8, 4) is 5.75 Å². The predicted octanol–water partition coefficient (Wildman–Crippen LogP) is 4.17. The topological polar surface area (TPSA) is 72.8 Å². The highest BCUT2D eigenvalue weighted by atomic mass is 16.5. The number of carbonyl (C=O) groups excluding carboxylic acids is 1. The van der Waals surface area contributed by atoms with Crippen LogP contribution in [0, 0.1) is 0 Å². The van der Waals surface area contributed by atoms with Crippen LogP contribution < -0.4 is 4.74 Å². The molecule has 0 aliphatic rings. The van der Waals surface area contributed by atoms with Crippen LogP contribution in [0.3, 0.4) is 0 Å². The number of hydrogen-bond donors (Lipinski definition) is 1. The van der Waals surface area contributed by atoms with Crippen molar-refractivity contribution in [2.45, 2.75) is 0 Å². The van der Waals surface area contributed by atoms with Crippen molar-refractivity contribution in [3.63, 3.8) is 0 Å². The first-order valence-corrected chi connectivity index (χ1v) is 8.31. The van der Waals surface area contributed by atoms with Crippen molar-refractivity contribution in [2.75, 3.05) is 13.7 Å². The normalized spacial score (nSPS) is 11.2. The van der Waals surface area contributed by atoms with E-state index in [9.17, 15) is 14.7 Å². The Morgan fingerprint density at radius 3 is 2.37 bits per heavy atom. The lowest BCUT2D eigenvalue weighted by atomic mass is 10.1. The second-order valence-electron chi connectivity index (χ2n) is 5.85. The Morgan fingerprint density at radius 2 is 1.67 bits per heavy atom. The fourth-order valence-electron chi connectivity index (χ4n) is 2.68. The quantitative estimate of drug-likeness (QED) is 0.526. The molecule has 0 saturated heterocycles. The lowest BCUT2D eigenvalue weighted by Crippen LogP contribution is -2.10. The van der Waals surface area contributed by atoms with Gasteiger partial charge in [-0.2, -0.15) is 0 Å². The zero-order valence-corrected chi connectivity index (χ0v) is 14.7. The molecule has 3 rings (SSSR count). The molecule has 0 amide bonds. The third-order valence-electron chi connectivity index (χ3n) is 4.08. The number of benzene rings is 3. The van der Waals surface area contributed by atoms with E-state index in [0.29, 0.717) is 16.9 Å². The van der Waals surface area contributed by atoms with E-state index >= 15 is 0 Å². The molecule has 0 spiro atoms. The second kappa shape index (κ2) is 8.19. The van der Waals surface area contributed by atoms with Crippen molar-refractivity contribution in [1.82, 2.24) is 0 Å². The Morgan fingerprint density at radius 1 is 0.963 bits per heavy atom. The number of esters is 1. The van der Waals surface area contributed by atoms with E-state index < -0.39 is 11.9 Å². The van der Waals surface area contributed by atoms with E-state index in [1.54, 1.807) is 24.3 Å². The van der Waals surface area contributed by atoms with Crippen LogP contribution in [0.25, 0.3) is 16.8 Å². The summed E-state index contributed by atoms with van der Waals surface area (Å²) < 4.78 is 10.4. The molecular weight excluding hydrogens is 344 g/mol. The maximum Gasteiger partial charge on any atom is 0.337 e. The average Bonchev–Trinajstić information content (AvgIpc) is 2.70. The minimum atomic E-state index is -1.06. The van der Waals surface area contributed by atoms with Crippen LogP contribution in [0.2, 0.25) is 0 Å². The zero-order valence-electron chi connectivity index (χ0n) is 14.7. The first-order valence-electron chi connectivity index (χ1n) is 8.31.